The maximum atomic E-state index is 11.8. The molecule has 1 rings (SSSR count). The normalized spacial score (nSPS) is 10.8. The molecule has 4 nitrogen and oxygen atoms in total. The summed E-state index contributed by atoms with van der Waals surface area (Å²) in [7, 11) is 0. The van der Waals surface area contributed by atoms with Crippen LogP contribution in [0.25, 0.3) is 0 Å². The molecular formula is C21H35NO3. The Kier molecular flexibility index (Phi) is 11.6. The van der Waals surface area contributed by atoms with E-state index in [-0.39, 0.29) is 17.4 Å². The highest BCUT2D eigenvalue weighted by Crippen LogP contribution is 2.24. The molecule has 1 aromatic rings. The topological polar surface area (TPSA) is 69.6 Å². The first-order valence-corrected chi connectivity index (χ1v) is 9.91. The molecule has 0 fully saturated rings. The summed E-state index contributed by atoms with van der Waals surface area (Å²) in [6.45, 7) is 2.80. The number of amides is 1. The third-order valence-electron chi connectivity index (χ3n) is 4.53. The van der Waals surface area contributed by atoms with Crippen molar-refractivity contribution in [3.8, 4) is 11.5 Å². The Bertz CT molecular complexity index is 488. The molecule has 1 aromatic carbocycles. The molecule has 0 heterocycles. The third-order valence-corrected chi connectivity index (χ3v) is 4.53. The fourth-order valence-corrected chi connectivity index (χ4v) is 2.93. The van der Waals surface area contributed by atoms with Crippen LogP contribution in [0.15, 0.2) is 18.2 Å². The Hall–Kier alpha value is -1.71. The van der Waals surface area contributed by atoms with Crippen molar-refractivity contribution in [1.82, 2.24) is 5.32 Å². The number of aromatic hydroxyl groups is 2. The summed E-state index contributed by atoms with van der Waals surface area (Å²) in [5, 5.41) is 21.6. The number of hydrogen-bond acceptors (Lipinski definition) is 3. The van der Waals surface area contributed by atoms with Gasteiger partial charge in [-0.3, -0.25) is 4.79 Å². The monoisotopic (exact) mass is 349 g/mol. The molecule has 0 aromatic heterocycles. The minimum atomic E-state index is -0.117. The van der Waals surface area contributed by atoms with Gasteiger partial charge in [-0.25, -0.2) is 0 Å². The average Bonchev–Trinajstić information content (AvgIpc) is 2.59. The largest absolute Gasteiger partial charge is 0.504 e. The Balaban J connectivity index is 1.94. The van der Waals surface area contributed by atoms with E-state index in [1.807, 2.05) is 0 Å². The fourth-order valence-electron chi connectivity index (χ4n) is 2.93. The molecule has 0 saturated carbocycles. The summed E-state index contributed by atoms with van der Waals surface area (Å²) in [6.07, 6.45) is 14.0. The predicted octanol–water partition coefficient (Wildman–Crippen LogP) is 5.07. The van der Waals surface area contributed by atoms with Gasteiger partial charge in [-0.2, -0.15) is 0 Å². The minimum Gasteiger partial charge on any atom is -0.504 e. The van der Waals surface area contributed by atoms with E-state index in [1.165, 1.54) is 63.5 Å². The van der Waals surface area contributed by atoms with Crippen LogP contribution in [0.2, 0.25) is 0 Å². The molecule has 0 aliphatic rings. The lowest BCUT2D eigenvalue weighted by Crippen LogP contribution is -2.25. The van der Waals surface area contributed by atoms with Gasteiger partial charge in [0.05, 0.1) is 0 Å². The van der Waals surface area contributed by atoms with Crippen molar-refractivity contribution in [1.29, 1.82) is 0 Å². The van der Waals surface area contributed by atoms with Crippen LogP contribution in [-0.2, 0) is 11.2 Å². The standard InChI is InChI=1S/C21H35NO3/c1-2-3-4-5-6-7-8-9-10-11-12-21(25)22-16-15-18-13-14-19(23)20(24)17-18/h13-14,17,23-24H,2-12,15-16H2,1H3,(H,22,25). The van der Waals surface area contributed by atoms with E-state index in [2.05, 4.69) is 12.2 Å². The first-order chi connectivity index (χ1) is 12.1. The van der Waals surface area contributed by atoms with Crippen molar-refractivity contribution in [3.63, 3.8) is 0 Å². The van der Waals surface area contributed by atoms with E-state index in [0.717, 1.165) is 18.4 Å². The van der Waals surface area contributed by atoms with Gasteiger partial charge >= 0.3 is 0 Å². The van der Waals surface area contributed by atoms with Gasteiger partial charge in [-0.1, -0.05) is 70.8 Å². The number of benzene rings is 1. The number of carbonyl (C=O) groups excluding carboxylic acids is 1. The van der Waals surface area contributed by atoms with Crippen molar-refractivity contribution in [2.24, 2.45) is 0 Å². The number of nitrogens with one attached hydrogen (secondary N) is 1. The molecule has 0 saturated heterocycles. The van der Waals surface area contributed by atoms with Gasteiger partial charge in [0.25, 0.3) is 0 Å². The van der Waals surface area contributed by atoms with E-state index in [0.29, 0.717) is 19.4 Å². The lowest BCUT2D eigenvalue weighted by Gasteiger charge is -2.06. The number of rotatable bonds is 14. The van der Waals surface area contributed by atoms with Gasteiger partial charge in [-0.15, -0.1) is 0 Å². The third kappa shape index (κ3) is 10.7. The van der Waals surface area contributed by atoms with Crippen molar-refractivity contribution in [3.05, 3.63) is 23.8 Å². The van der Waals surface area contributed by atoms with Gasteiger partial charge in [-0.05, 0) is 30.5 Å². The summed E-state index contributed by atoms with van der Waals surface area (Å²) in [6, 6.07) is 4.75. The first kappa shape index (κ1) is 21.3. The maximum absolute atomic E-state index is 11.8. The van der Waals surface area contributed by atoms with E-state index >= 15 is 0 Å². The Morgan fingerprint density at radius 2 is 1.48 bits per heavy atom. The van der Waals surface area contributed by atoms with E-state index < -0.39 is 0 Å². The Morgan fingerprint density at radius 1 is 0.880 bits per heavy atom. The van der Waals surface area contributed by atoms with Crippen LogP contribution < -0.4 is 5.32 Å². The van der Waals surface area contributed by atoms with Gasteiger partial charge in [0, 0.05) is 13.0 Å². The minimum absolute atomic E-state index is 0.0996. The lowest BCUT2D eigenvalue weighted by molar-refractivity contribution is -0.121. The molecule has 3 N–H and O–H groups in total. The summed E-state index contributed by atoms with van der Waals surface area (Å²) < 4.78 is 0. The van der Waals surface area contributed by atoms with Crippen molar-refractivity contribution in [2.75, 3.05) is 6.54 Å². The zero-order valence-electron chi connectivity index (χ0n) is 15.7. The van der Waals surface area contributed by atoms with Gasteiger partial charge in [0.15, 0.2) is 11.5 Å². The molecular weight excluding hydrogens is 314 g/mol. The lowest BCUT2D eigenvalue weighted by atomic mass is 10.1. The molecule has 25 heavy (non-hydrogen) atoms. The second-order valence-corrected chi connectivity index (χ2v) is 6.86. The first-order valence-electron chi connectivity index (χ1n) is 9.91. The number of phenolic OH excluding ortho intramolecular Hbond substituents is 2. The van der Waals surface area contributed by atoms with E-state index in [4.69, 9.17) is 0 Å². The van der Waals surface area contributed by atoms with Gasteiger partial charge in [0.1, 0.15) is 0 Å². The SMILES string of the molecule is CCCCCCCCCCCCC(=O)NCCc1ccc(O)c(O)c1. The predicted molar refractivity (Wildman–Crippen MR) is 103 cm³/mol. The summed E-state index contributed by atoms with van der Waals surface area (Å²) in [5.74, 6) is -0.134. The molecule has 1 amide bonds. The van der Waals surface area contributed by atoms with Crippen LogP contribution in [-0.4, -0.2) is 22.7 Å². The summed E-state index contributed by atoms with van der Waals surface area (Å²) >= 11 is 0. The van der Waals surface area contributed by atoms with Crippen molar-refractivity contribution >= 4 is 5.91 Å². The van der Waals surface area contributed by atoms with Crippen molar-refractivity contribution < 1.29 is 15.0 Å². The summed E-state index contributed by atoms with van der Waals surface area (Å²) in [4.78, 5) is 11.8. The van der Waals surface area contributed by atoms with E-state index in [9.17, 15) is 15.0 Å². The highest BCUT2D eigenvalue weighted by atomic mass is 16.3. The highest BCUT2D eigenvalue weighted by molar-refractivity contribution is 5.75. The number of phenols is 2. The second kappa shape index (κ2) is 13.6. The zero-order chi connectivity index (χ0) is 18.3. The molecule has 0 bridgehead atoms. The second-order valence-electron chi connectivity index (χ2n) is 6.86. The maximum Gasteiger partial charge on any atom is 0.220 e. The number of carbonyl (C=O) groups is 1. The molecule has 0 spiro atoms. The highest BCUT2D eigenvalue weighted by Gasteiger charge is 2.03. The molecule has 0 unspecified atom stereocenters. The molecule has 0 radical (unpaired) electrons. The Morgan fingerprint density at radius 3 is 2.08 bits per heavy atom. The van der Waals surface area contributed by atoms with Crippen LogP contribution in [0.5, 0.6) is 11.5 Å². The fraction of sp³-hybridized carbons (Fsp3) is 0.667. The molecule has 0 aliphatic heterocycles. The molecule has 142 valence electrons. The van der Waals surface area contributed by atoms with Gasteiger partial charge < -0.3 is 15.5 Å². The average molecular weight is 350 g/mol. The number of unbranched alkanes of at least 4 members (excludes halogenated alkanes) is 9. The van der Waals surface area contributed by atoms with Gasteiger partial charge in [0.2, 0.25) is 5.91 Å². The van der Waals surface area contributed by atoms with Crippen LogP contribution >= 0.6 is 0 Å². The molecule has 4 heteroatoms. The molecule has 0 aliphatic carbocycles. The van der Waals surface area contributed by atoms with Crippen LogP contribution in [0, 0.1) is 0 Å². The summed E-state index contributed by atoms with van der Waals surface area (Å²) in [5.41, 5.74) is 0.898. The van der Waals surface area contributed by atoms with Crippen LogP contribution in [0.1, 0.15) is 83.1 Å². The molecule has 0 atom stereocenters. The van der Waals surface area contributed by atoms with Crippen LogP contribution in [0.4, 0.5) is 0 Å². The number of hydrogen-bond donors (Lipinski definition) is 3. The Labute approximate surface area is 152 Å². The quantitative estimate of drug-likeness (QED) is 0.324. The van der Waals surface area contributed by atoms with E-state index in [1.54, 1.807) is 6.07 Å². The smallest absolute Gasteiger partial charge is 0.220 e. The van der Waals surface area contributed by atoms with Crippen molar-refractivity contribution in [2.45, 2.75) is 84.0 Å². The zero-order valence-corrected chi connectivity index (χ0v) is 15.7. The van der Waals surface area contributed by atoms with Crippen LogP contribution in [0.3, 0.4) is 0 Å².